The fourth-order valence-electron chi connectivity index (χ4n) is 2.64. The molecular formula is C15H16N2O4. The number of nitrogens with one attached hydrogen (secondary N) is 1. The van der Waals surface area contributed by atoms with E-state index in [9.17, 15) is 9.59 Å². The second-order valence-corrected chi connectivity index (χ2v) is 5.09. The van der Waals surface area contributed by atoms with Gasteiger partial charge in [0.05, 0.1) is 24.7 Å². The summed E-state index contributed by atoms with van der Waals surface area (Å²) in [5.41, 5.74) is 1.53. The van der Waals surface area contributed by atoms with E-state index in [1.54, 1.807) is 11.1 Å². The number of hydrogen-bond acceptors (Lipinski definition) is 3. The molecule has 3 rings (SSSR count). The molecule has 1 saturated heterocycles. The number of hydrogen-bond donors (Lipinski definition) is 2. The summed E-state index contributed by atoms with van der Waals surface area (Å²) in [6.45, 7) is 1.16. The number of morpholine rings is 1. The molecule has 1 aliphatic heterocycles. The van der Waals surface area contributed by atoms with E-state index in [1.165, 1.54) is 0 Å². The number of rotatable bonds is 3. The lowest BCUT2D eigenvalue weighted by Crippen LogP contribution is -2.46. The van der Waals surface area contributed by atoms with Crippen LogP contribution in [0.1, 0.15) is 16.8 Å². The van der Waals surface area contributed by atoms with Gasteiger partial charge < -0.3 is 19.7 Å². The molecule has 0 aliphatic carbocycles. The van der Waals surface area contributed by atoms with Crippen LogP contribution in [-0.4, -0.2) is 52.7 Å². The minimum absolute atomic E-state index is 0.0857. The Hall–Kier alpha value is -2.34. The number of H-pyrrole nitrogens is 1. The third kappa shape index (κ3) is 2.75. The number of para-hydroxylation sites is 1. The number of carboxylic acid groups (broad SMARTS) is 1. The molecule has 1 aromatic heterocycles. The Bertz CT molecular complexity index is 679. The number of fused-ring (bicyclic) bond motifs is 1. The van der Waals surface area contributed by atoms with Gasteiger partial charge >= 0.3 is 5.97 Å². The number of nitrogens with zero attached hydrogens (tertiary/aromatic N) is 1. The molecule has 6 nitrogen and oxygen atoms in total. The molecule has 0 saturated carbocycles. The van der Waals surface area contributed by atoms with E-state index >= 15 is 0 Å². The van der Waals surface area contributed by atoms with Crippen LogP contribution in [0.4, 0.5) is 0 Å². The van der Waals surface area contributed by atoms with Gasteiger partial charge in [-0.05, 0) is 6.07 Å². The van der Waals surface area contributed by atoms with Gasteiger partial charge in [-0.3, -0.25) is 9.59 Å². The average Bonchev–Trinajstić information content (AvgIpc) is 2.90. The zero-order valence-corrected chi connectivity index (χ0v) is 11.4. The number of aromatic nitrogens is 1. The van der Waals surface area contributed by atoms with Gasteiger partial charge in [-0.15, -0.1) is 0 Å². The van der Waals surface area contributed by atoms with Gasteiger partial charge in [-0.25, -0.2) is 0 Å². The topological polar surface area (TPSA) is 82.6 Å². The Balaban J connectivity index is 1.80. The summed E-state index contributed by atoms with van der Waals surface area (Å²) >= 11 is 0. The minimum Gasteiger partial charge on any atom is -0.481 e. The van der Waals surface area contributed by atoms with E-state index in [0.29, 0.717) is 25.3 Å². The standard InChI is InChI=1S/C15H16N2O4/c18-14(19)7-10-9-17(5-6-21-10)15(20)12-8-16-13-4-2-1-3-11(12)13/h1-4,8,10,16H,5-7,9H2,(H,18,19). The number of amides is 1. The van der Waals surface area contributed by atoms with Crippen LogP contribution in [0.15, 0.2) is 30.5 Å². The van der Waals surface area contributed by atoms with Crippen molar-refractivity contribution >= 4 is 22.8 Å². The average molecular weight is 288 g/mol. The van der Waals surface area contributed by atoms with Crippen molar-refractivity contribution in [1.82, 2.24) is 9.88 Å². The first-order valence-electron chi connectivity index (χ1n) is 6.84. The van der Waals surface area contributed by atoms with Crippen LogP contribution in [0.2, 0.25) is 0 Å². The molecule has 0 radical (unpaired) electrons. The molecule has 0 bridgehead atoms. The highest BCUT2D eigenvalue weighted by molar-refractivity contribution is 6.06. The smallest absolute Gasteiger partial charge is 0.306 e. The molecule has 6 heteroatoms. The van der Waals surface area contributed by atoms with E-state index in [1.807, 2.05) is 24.3 Å². The molecule has 1 aromatic carbocycles. The Morgan fingerprint density at radius 2 is 2.19 bits per heavy atom. The zero-order valence-electron chi connectivity index (χ0n) is 11.4. The molecule has 1 atom stereocenters. The molecule has 1 amide bonds. The van der Waals surface area contributed by atoms with Crippen molar-refractivity contribution in [3.8, 4) is 0 Å². The van der Waals surface area contributed by atoms with Crippen LogP contribution in [0.3, 0.4) is 0 Å². The Kier molecular flexibility index (Phi) is 3.62. The molecule has 1 aliphatic rings. The van der Waals surface area contributed by atoms with Crippen molar-refractivity contribution < 1.29 is 19.4 Å². The number of aromatic amines is 1. The third-order valence-electron chi connectivity index (χ3n) is 3.65. The SMILES string of the molecule is O=C(O)CC1CN(C(=O)c2c[nH]c3ccccc23)CCO1. The van der Waals surface area contributed by atoms with Crippen LogP contribution in [0, 0.1) is 0 Å². The Labute approximate surface area is 121 Å². The van der Waals surface area contributed by atoms with Gasteiger partial charge in [0.25, 0.3) is 5.91 Å². The van der Waals surface area contributed by atoms with E-state index in [4.69, 9.17) is 9.84 Å². The van der Waals surface area contributed by atoms with Crippen molar-refractivity contribution in [2.45, 2.75) is 12.5 Å². The van der Waals surface area contributed by atoms with Gasteiger partial charge in [0.15, 0.2) is 0 Å². The zero-order chi connectivity index (χ0) is 14.8. The van der Waals surface area contributed by atoms with E-state index < -0.39 is 12.1 Å². The van der Waals surface area contributed by atoms with E-state index in [2.05, 4.69) is 4.98 Å². The first-order valence-corrected chi connectivity index (χ1v) is 6.84. The molecular weight excluding hydrogens is 272 g/mol. The van der Waals surface area contributed by atoms with Crippen molar-refractivity contribution in [1.29, 1.82) is 0 Å². The Morgan fingerprint density at radius 3 is 3.00 bits per heavy atom. The molecule has 1 fully saturated rings. The lowest BCUT2D eigenvalue weighted by Gasteiger charge is -2.32. The summed E-state index contributed by atoms with van der Waals surface area (Å²) in [6.07, 6.45) is 1.18. The number of carbonyl (C=O) groups is 2. The van der Waals surface area contributed by atoms with Crippen LogP contribution in [0.5, 0.6) is 0 Å². The summed E-state index contributed by atoms with van der Waals surface area (Å²) in [4.78, 5) is 28.1. The maximum Gasteiger partial charge on any atom is 0.306 e. The first kappa shape index (κ1) is 13.6. The van der Waals surface area contributed by atoms with Gasteiger partial charge in [0.1, 0.15) is 0 Å². The molecule has 2 heterocycles. The van der Waals surface area contributed by atoms with Crippen LogP contribution in [-0.2, 0) is 9.53 Å². The van der Waals surface area contributed by atoms with Crippen LogP contribution < -0.4 is 0 Å². The van der Waals surface area contributed by atoms with Crippen molar-refractivity contribution in [2.75, 3.05) is 19.7 Å². The predicted octanol–water partition coefficient (Wildman–Crippen LogP) is 1.48. The molecule has 0 spiro atoms. The lowest BCUT2D eigenvalue weighted by atomic mass is 10.1. The van der Waals surface area contributed by atoms with E-state index in [-0.39, 0.29) is 12.3 Å². The van der Waals surface area contributed by atoms with Crippen molar-refractivity contribution in [2.24, 2.45) is 0 Å². The third-order valence-corrected chi connectivity index (χ3v) is 3.65. The van der Waals surface area contributed by atoms with Gasteiger partial charge in [-0.1, -0.05) is 18.2 Å². The number of carboxylic acids is 1. The van der Waals surface area contributed by atoms with E-state index in [0.717, 1.165) is 10.9 Å². The molecule has 1 unspecified atom stereocenters. The highest BCUT2D eigenvalue weighted by atomic mass is 16.5. The largest absolute Gasteiger partial charge is 0.481 e. The van der Waals surface area contributed by atoms with Crippen molar-refractivity contribution in [3.05, 3.63) is 36.0 Å². The number of carbonyl (C=O) groups excluding carboxylic acids is 1. The van der Waals surface area contributed by atoms with Crippen LogP contribution in [0.25, 0.3) is 10.9 Å². The normalized spacial score (nSPS) is 18.9. The lowest BCUT2D eigenvalue weighted by molar-refractivity contribution is -0.141. The summed E-state index contributed by atoms with van der Waals surface area (Å²) in [7, 11) is 0. The summed E-state index contributed by atoms with van der Waals surface area (Å²) in [5.74, 6) is -1.01. The summed E-state index contributed by atoms with van der Waals surface area (Å²) in [6, 6.07) is 7.61. The van der Waals surface area contributed by atoms with Crippen LogP contribution >= 0.6 is 0 Å². The summed E-state index contributed by atoms with van der Waals surface area (Å²) < 4.78 is 5.39. The highest BCUT2D eigenvalue weighted by Crippen LogP contribution is 2.20. The highest BCUT2D eigenvalue weighted by Gasteiger charge is 2.27. The number of aliphatic carboxylic acids is 1. The quantitative estimate of drug-likeness (QED) is 0.896. The predicted molar refractivity (Wildman–Crippen MR) is 76.2 cm³/mol. The van der Waals surface area contributed by atoms with Gasteiger partial charge in [0.2, 0.25) is 0 Å². The van der Waals surface area contributed by atoms with Gasteiger partial charge in [-0.2, -0.15) is 0 Å². The fourth-order valence-corrected chi connectivity index (χ4v) is 2.64. The maximum absolute atomic E-state index is 12.6. The molecule has 21 heavy (non-hydrogen) atoms. The first-order chi connectivity index (χ1) is 10.1. The molecule has 2 N–H and O–H groups in total. The molecule has 2 aromatic rings. The summed E-state index contributed by atoms with van der Waals surface area (Å²) in [5, 5.41) is 9.71. The van der Waals surface area contributed by atoms with Crippen molar-refractivity contribution in [3.63, 3.8) is 0 Å². The Morgan fingerprint density at radius 1 is 1.38 bits per heavy atom. The monoisotopic (exact) mass is 288 g/mol. The molecule has 110 valence electrons. The maximum atomic E-state index is 12.6. The minimum atomic E-state index is -0.915. The number of benzene rings is 1. The second kappa shape index (κ2) is 5.57. The van der Waals surface area contributed by atoms with Gasteiger partial charge in [0, 0.05) is 30.2 Å². The second-order valence-electron chi connectivity index (χ2n) is 5.09. The number of ether oxygens (including phenoxy) is 1. The fraction of sp³-hybridized carbons (Fsp3) is 0.333.